The molecule has 27 heavy (non-hydrogen) atoms. The molecular weight excluding hydrogens is 453 g/mol. The summed E-state index contributed by atoms with van der Waals surface area (Å²) in [6, 6.07) is 14.1. The van der Waals surface area contributed by atoms with Crippen molar-refractivity contribution in [1.82, 2.24) is 15.6 Å². The molecule has 3 rings (SSSR count). The number of anilines is 1. The SMILES string of the molecule is CN=C(NCCc1ccccn1)NCc1ccc(N2CCCC2=O)cc1.I. The first kappa shape index (κ1) is 21.1. The fraction of sp³-hybridized carbons (Fsp3) is 0.350. The van der Waals surface area contributed by atoms with Gasteiger partial charge in [-0.25, -0.2) is 0 Å². The summed E-state index contributed by atoms with van der Waals surface area (Å²) in [6.45, 7) is 2.27. The Morgan fingerprint density at radius 2 is 2.00 bits per heavy atom. The van der Waals surface area contributed by atoms with Crippen LogP contribution in [0.1, 0.15) is 24.1 Å². The molecule has 1 aliphatic rings. The molecule has 1 saturated heterocycles. The smallest absolute Gasteiger partial charge is 0.227 e. The highest BCUT2D eigenvalue weighted by atomic mass is 127. The van der Waals surface area contributed by atoms with E-state index in [-0.39, 0.29) is 29.9 Å². The number of carbonyl (C=O) groups is 1. The van der Waals surface area contributed by atoms with E-state index in [4.69, 9.17) is 0 Å². The van der Waals surface area contributed by atoms with E-state index >= 15 is 0 Å². The summed E-state index contributed by atoms with van der Waals surface area (Å²) in [5, 5.41) is 6.60. The molecule has 1 amide bonds. The molecule has 144 valence electrons. The molecule has 0 bridgehead atoms. The molecule has 0 atom stereocenters. The van der Waals surface area contributed by atoms with E-state index in [1.165, 1.54) is 0 Å². The Kier molecular flexibility index (Phi) is 8.50. The second kappa shape index (κ2) is 10.9. The summed E-state index contributed by atoms with van der Waals surface area (Å²) >= 11 is 0. The van der Waals surface area contributed by atoms with Crippen LogP contribution in [0, 0.1) is 0 Å². The number of pyridine rings is 1. The van der Waals surface area contributed by atoms with Gasteiger partial charge in [-0.3, -0.25) is 14.8 Å². The molecule has 0 radical (unpaired) electrons. The van der Waals surface area contributed by atoms with E-state index in [1.54, 1.807) is 7.05 Å². The van der Waals surface area contributed by atoms with E-state index in [0.29, 0.717) is 13.0 Å². The van der Waals surface area contributed by atoms with Crippen LogP contribution in [-0.4, -0.2) is 37.0 Å². The minimum absolute atomic E-state index is 0. The van der Waals surface area contributed by atoms with Crippen LogP contribution in [0.3, 0.4) is 0 Å². The number of hydrogen-bond acceptors (Lipinski definition) is 3. The van der Waals surface area contributed by atoms with E-state index in [9.17, 15) is 4.79 Å². The molecule has 1 aromatic heterocycles. The lowest BCUT2D eigenvalue weighted by Gasteiger charge is -2.16. The van der Waals surface area contributed by atoms with E-state index < -0.39 is 0 Å². The molecular formula is C20H26IN5O. The van der Waals surface area contributed by atoms with Gasteiger partial charge in [-0.2, -0.15) is 0 Å². The maximum atomic E-state index is 11.8. The number of nitrogens with one attached hydrogen (secondary N) is 2. The number of amides is 1. The van der Waals surface area contributed by atoms with E-state index in [0.717, 1.165) is 48.8 Å². The summed E-state index contributed by atoms with van der Waals surface area (Å²) in [5.41, 5.74) is 3.18. The average Bonchev–Trinajstić information content (AvgIpc) is 3.12. The lowest BCUT2D eigenvalue weighted by molar-refractivity contribution is -0.117. The third kappa shape index (κ3) is 6.20. The minimum atomic E-state index is 0. The topological polar surface area (TPSA) is 69.6 Å². The molecule has 7 heteroatoms. The standard InChI is InChI=1S/C20H25N5O.HI/c1-21-20(23-13-11-17-5-2-3-12-22-17)24-15-16-7-9-18(10-8-16)25-14-4-6-19(25)26;/h2-3,5,7-10,12H,4,6,11,13-15H2,1H3,(H2,21,23,24);1H. The Labute approximate surface area is 177 Å². The van der Waals surface area contributed by atoms with E-state index in [1.807, 2.05) is 41.4 Å². The number of halogens is 1. The Bertz CT molecular complexity index is 749. The van der Waals surface area contributed by atoms with Crippen molar-refractivity contribution >= 4 is 41.5 Å². The minimum Gasteiger partial charge on any atom is -0.356 e. The Balaban J connectivity index is 0.00000261. The average molecular weight is 479 g/mol. The van der Waals surface area contributed by atoms with Crippen LogP contribution in [0.25, 0.3) is 0 Å². The van der Waals surface area contributed by atoms with Crippen LogP contribution < -0.4 is 15.5 Å². The highest BCUT2D eigenvalue weighted by Crippen LogP contribution is 2.21. The van der Waals surface area contributed by atoms with Crippen LogP contribution in [0.15, 0.2) is 53.7 Å². The fourth-order valence-corrected chi connectivity index (χ4v) is 2.98. The second-order valence-electron chi connectivity index (χ2n) is 6.24. The predicted octanol–water partition coefficient (Wildman–Crippen LogP) is 2.73. The number of guanidine groups is 1. The molecule has 0 saturated carbocycles. The van der Waals surface area contributed by atoms with Crippen molar-refractivity contribution in [3.63, 3.8) is 0 Å². The molecule has 2 N–H and O–H groups in total. The van der Waals surface area contributed by atoms with Gasteiger partial charge in [0.15, 0.2) is 5.96 Å². The highest BCUT2D eigenvalue weighted by Gasteiger charge is 2.21. The van der Waals surface area contributed by atoms with Gasteiger partial charge < -0.3 is 15.5 Å². The maximum absolute atomic E-state index is 11.8. The maximum Gasteiger partial charge on any atom is 0.227 e. The number of aliphatic imine (C=N–C) groups is 1. The molecule has 1 aliphatic heterocycles. The predicted molar refractivity (Wildman–Crippen MR) is 120 cm³/mol. The number of benzene rings is 1. The third-order valence-corrected chi connectivity index (χ3v) is 4.40. The van der Waals surface area contributed by atoms with Crippen LogP contribution in [0.2, 0.25) is 0 Å². The van der Waals surface area contributed by atoms with Gasteiger partial charge in [0.25, 0.3) is 0 Å². The highest BCUT2D eigenvalue weighted by molar-refractivity contribution is 14.0. The number of aromatic nitrogens is 1. The largest absolute Gasteiger partial charge is 0.356 e. The normalized spacial score (nSPS) is 14.0. The first-order valence-electron chi connectivity index (χ1n) is 9.00. The molecule has 2 heterocycles. The van der Waals surface area contributed by atoms with Gasteiger partial charge in [0, 0.05) is 57.1 Å². The van der Waals surface area contributed by atoms with Crippen LogP contribution >= 0.6 is 24.0 Å². The molecule has 6 nitrogen and oxygen atoms in total. The van der Waals surface area contributed by atoms with E-state index in [2.05, 4.69) is 32.7 Å². The lowest BCUT2D eigenvalue weighted by Crippen LogP contribution is -2.37. The van der Waals surface area contributed by atoms with Crippen molar-refractivity contribution in [1.29, 1.82) is 0 Å². The van der Waals surface area contributed by atoms with Crippen LogP contribution in [0.4, 0.5) is 5.69 Å². The van der Waals surface area contributed by atoms with Gasteiger partial charge in [0.1, 0.15) is 0 Å². The van der Waals surface area contributed by atoms with Gasteiger partial charge in [-0.15, -0.1) is 24.0 Å². The van der Waals surface area contributed by atoms with Crippen molar-refractivity contribution in [3.8, 4) is 0 Å². The number of carbonyl (C=O) groups excluding carboxylic acids is 1. The molecule has 1 fully saturated rings. The number of hydrogen-bond donors (Lipinski definition) is 2. The summed E-state index contributed by atoms with van der Waals surface area (Å²) in [6.07, 6.45) is 4.26. The van der Waals surface area contributed by atoms with Gasteiger partial charge in [0.05, 0.1) is 0 Å². The Morgan fingerprint density at radius 3 is 2.63 bits per heavy atom. The van der Waals surface area contributed by atoms with Gasteiger partial charge in [0.2, 0.25) is 5.91 Å². The van der Waals surface area contributed by atoms with Crippen molar-refractivity contribution in [2.75, 3.05) is 25.0 Å². The monoisotopic (exact) mass is 479 g/mol. The Morgan fingerprint density at radius 1 is 1.19 bits per heavy atom. The summed E-state index contributed by atoms with van der Waals surface area (Å²) in [5.74, 6) is 0.980. The van der Waals surface area contributed by atoms with Gasteiger partial charge in [-0.1, -0.05) is 18.2 Å². The van der Waals surface area contributed by atoms with Gasteiger partial charge >= 0.3 is 0 Å². The fourth-order valence-electron chi connectivity index (χ4n) is 2.98. The molecule has 0 spiro atoms. The van der Waals surface area contributed by atoms with Crippen molar-refractivity contribution < 1.29 is 4.79 Å². The second-order valence-corrected chi connectivity index (χ2v) is 6.24. The number of rotatable bonds is 6. The third-order valence-electron chi connectivity index (χ3n) is 4.40. The molecule has 1 aromatic carbocycles. The first-order valence-corrected chi connectivity index (χ1v) is 9.00. The zero-order chi connectivity index (χ0) is 18.2. The quantitative estimate of drug-likeness (QED) is 0.380. The molecule has 2 aromatic rings. The van der Waals surface area contributed by atoms with Crippen LogP contribution in [0.5, 0.6) is 0 Å². The zero-order valence-electron chi connectivity index (χ0n) is 15.5. The van der Waals surface area contributed by atoms with Crippen LogP contribution in [-0.2, 0) is 17.8 Å². The lowest BCUT2D eigenvalue weighted by atomic mass is 10.2. The summed E-state index contributed by atoms with van der Waals surface area (Å²) in [4.78, 5) is 22.2. The van der Waals surface area contributed by atoms with Crippen molar-refractivity contribution in [2.24, 2.45) is 4.99 Å². The molecule has 0 unspecified atom stereocenters. The van der Waals surface area contributed by atoms with Gasteiger partial charge in [-0.05, 0) is 36.2 Å². The first-order chi connectivity index (χ1) is 12.8. The van der Waals surface area contributed by atoms with Crippen molar-refractivity contribution in [2.45, 2.75) is 25.8 Å². The Hall–Kier alpha value is -2.16. The van der Waals surface area contributed by atoms with Crippen molar-refractivity contribution in [3.05, 3.63) is 59.9 Å². The summed E-state index contributed by atoms with van der Waals surface area (Å²) in [7, 11) is 1.76. The number of nitrogens with zero attached hydrogens (tertiary/aromatic N) is 3. The molecule has 0 aliphatic carbocycles. The zero-order valence-corrected chi connectivity index (χ0v) is 17.8. The summed E-state index contributed by atoms with van der Waals surface area (Å²) < 4.78 is 0.